The van der Waals surface area contributed by atoms with Crippen molar-refractivity contribution in [1.82, 2.24) is 10.6 Å². The average molecular weight is 451 g/mol. The molecular formula is C21H21BrF2N2O2. The van der Waals surface area contributed by atoms with Crippen LogP contribution in [-0.4, -0.2) is 18.4 Å². The Morgan fingerprint density at radius 2 is 1.82 bits per heavy atom. The van der Waals surface area contributed by atoms with Gasteiger partial charge in [0.1, 0.15) is 11.6 Å². The largest absolute Gasteiger partial charge is 0.351 e. The van der Waals surface area contributed by atoms with Crippen molar-refractivity contribution in [2.45, 2.75) is 31.7 Å². The topological polar surface area (TPSA) is 58.2 Å². The first-order valence-corrected chi connectivity index (χ1v) is 10.0. The second-order valence-corrected chi connectivity index (χ2v) is 7.83. The molecular weight excluding hydrogens is 430 g/mol. The molecule has 1 aliphatic rings. The van der Waals surface area contributed by atoms with Gasteiger partial charge in [-0.2, -0.15) is 0 Å². The highest BCUT2D eigenvalue weighted by Crippen LogP contribution is 2.38. The first-order chi connectivity index (χ1) is 13.4. The lowest BCUT2D eigenvalue weighted by molar-refractivity contribution is -0.122. The summed E-state index contributed by atoms with van der Waals surface area (Å²) in [4.78, 5) is 24.4. The van der Waals surface area contributed by atoms with Crippen LogP contribution >= 0.6 is 15.9 Å². The van der Waals surface area contributed by atoms with E-state index >= 15 is 0 Å². The lowest BCUT2D eigenvalue weighted by atomic mass is 9.77. The monoisotopic (exact) mass is 450 g/mol. The highest BCUT2D eigenvalue weighted by atomic mass is 79.9. The van der Waals surface area contributed by atoms with Crippen molar-refractivity contribution >= 4 is 27.7 Å². The summed E-state index contributed by atoms with van der Waals surface area (Å²) in [5, 5.41) is 5.56. The number of hydrogen-bond acceptors (Lipinski definition) is 2. The molecule has 1 atom stereocenters. The molecule has 0 saturated heterocycles. The molecule has 3 rings (SSSR count). The Labute approximate surface area is 170 Å². The molecule has 1 saturated carbocycles. The van der Waals surface area contributed by atoms with Crippen molar-refractivity contribution in [3.8, 4) is 0 Å². The molecule has 0 radical (unpaired) electrons. The second-order valence-electron chi connectivity index (χ2n) is 6.92. The Hall–Kier alpha value is -2.28. The predicted molar refractivity (Wildman–Crippen MR) is 106 cm³/mol. The Balaban J connectivity index is 1.53. The third kappa shape index (κ3) is 5.16. The summed E-state index contributed by atoms with van der Waals surface area (Å²) < 4.78 is 27.5. The highest BCUT2D eigenvalue weighted by Gasteiger charge is 2.29. The fraction of sp³-hybridized carbons (Fsp3) is 0.333. The van der Waals surface area contributed by atoms with E-state index in [1.807, 2.05) is 24.3 Å². The van der Waals surface area contributed by atoms with Crippen molar-refractivity contribution in [1.29, 1.82) is 0 Å². The predicted octanol–water partition coefficient (Wildman–Crippen LogP) is 4.50. The van der Waals surface area contributed by atoms with Gasteiger partial charge in [0.25, 0.3) is 5.91 Å². The minimum Gasteiger partial charge on any atom is -0.351 e. The van der Waals surface area contributed by atoms with Crippen LogP contribution in [0.5, 0.6) is 0 Å². The fourth-order valence-corrected chi connectivity index (χ4v) is 3.48. The molecule has 1 aliphatic carbocycles. The van der Waals surface area contributed by atoms with Gasteiger partial charge in [-0.3, -0.25) is 9.59 Å². The molecule has 0 heterocycles. The van der Waals surface area contributed by atoms with E-state index < -0.39 is 17.5 Å². The van der Waals surface area contributed by atoms with Crippen LogP contribution in [0.25, 0.3) is 0 Å². The maximum absolute atomic E-state index is 13.6. The molecule has 0 aromatic heterocycles. The maximum atomic E-state index is 13.6. The zero-order chi connectivity index (χ0) is 20.1. The Morgan fingerprint density at radius 1 is 1.11 bits per heavy atom. The first kappa shape index (κ1) is 20.5. The zero-order valence-electron chi connectivity index (χ0n) is 15.2. The molecule has 0 aliphatic heterocycles. The molecule has 7 heteroatoms. The standard InChI is InChI=1S/C21H21BrF2N2O2/c22-15-6-4-14(5-7-15)20(13-2-1-3-13)26-19(27)10-11-25-21(28)17-9-8-16(23)12-18(17)24/h4-9,12-13,20H,1-3,10-11H2,(H,25,28)(H,26,27). The Morgan fingerprint density at radius 3 is 2.43 bits per heavy atom. The van der Waals surface area contributed by atoms with Crippen molar-refractivity contribution in [3.63, 3.8) is 0 Å². The SMILES string of the molecule is O=C(CCNC(=O)c1ccc(F)cc1F)NC(c1ccc(Br)cc1)C1CCC1. The third-order valence-electron chi connectivity index (χ3n) is 4.98. The number of carbonyl (C=O) groups excluding carboxylic acids is 2. The summed E-state index contributed by atoms with van der Waals surface area (Å²) in [5.74, 6) is -2.12. The third-order valence-corrected chi connectivity index (χ3v) is 5.51. The van der Waals surface area contributed by atoms with E-state index in [-0.39, 0.29) is 30.5 Å². The maximum Gasteiger partial charge on any atom is 0.254 e. The summed E-state index contributed by atoms with van der Waals surface area (Å²) in [7, 11) is 0. The van der Waals surface area contributed by atoms with Crippen LogP contribution in [0.4, 0.5) is 8.78 Å². The number of amides is 2. The van der Waals surface area contributed by atoms with Gasteiger partial charge < -0.3 is 10.6 Å². The average Bonchev–Trinajstić information content (AvgIpc) is 2.60. The number of hydrogen-bond donors (Lipinski definition) is 2. The van der Waals surface area contributed by atoms with Crippen molar-refractivity contribution < 1.29 is 18.4 Å². The van der Waals surface area contributed by atoms with Gasteiger partial charge in [0, 0.05) is 23.5 Å². The van der Waals surface area contributed by atoms with E-state index in [4.69, 9.17) is 0 Å². The van der Waals surface area contributed by atoms with Gasteiger partial charge in [-0.05, 0) is 48.6 Å². The molecule has 2 aromatic rings. The normalized spacial score (nSPS) is 14.8. The number of halogens is 3. The van der Waals surface area contributed by atoms with Gasteiger partial charge in [-0.1, -0.05) is 34.5 Å². The van der Waals surface area contributed by atoms with Crippen molar-refractivity contribution in [2.24, 2.45) is 5.92 Å². The van der Waals surface area contributed by atoms with Crippen molar-refractivity contribution in [3.05, 3.63) is 69.7 Å². The van der Waals surface area contributed by atoms with E-state index in [1.165, 1.54) is 0 Å². The lowest BCUT2D eigenvalue weighted by Crippen LogP contribution is -2.38. The molecule has 0 bridgehead atoms. The van der Waals surface area contributed by atoms with Crippen LogP contribution in [0.15, 0.2) is 46.9 Å². The van der Waals surface area contributed by atoms with E-state index in [9.17, 15) is 18.4 Å². The molecule has 2 N–H and O–H groups in total. The van der Waals surface area contributed by atoms with Gasteiger partial charge >= 0.3 is 0 Å². The number of rotatable bonds is 7. The summed E-state index contributed by atoms with van der Waals surface area (Å²) in [5.41, 5.74) is 0.808. The van der Waals surface area contributed by atoms with Crippen LogP contribution in [0.3, 0.4) is 0 Å². The molecule has 2 amide bonds. The van der Waals surface area contributed by atoms with Crippen LogP contribution < -0.4 is 10.6 Å². The van der Waals surface area contributed by atoms with Crippen molar-refractivity contribution in [2.75, 3.05) is 6.54 Å². The minimum absolute atomic E-state index is 0.0559. The number of nitrogens with one attached hydrogen (secondary N) is 2. The Kier molecular flexibility index (Phi) is 6.78. The quantitative estimate of drug-likeness (QED) is 0.651. The summed E-state index contributed by atoms with van der Waals surface area (Å²) >= 11 is 3.41. The van der Waals surface area contributed by atoms with Gasteiger partial charge in [0.15, 0.2) is 0 Å². The first-order valence-electron chi connectivity index (χ1n) is 9.22. The van der Waals surface area contributed by atoms with Crippen LogP contribution in [-0.2, 0) is 4.79 Å². The smallest absolute Gasteiger partial charge is 0.254 e. The van der Waals surface area contributed by atoms with E-state index in [0.717, 1.165) is 41.4 Å². The van der Waals surface area contributed by atoms with E-state index in [0.29, 0.717) is 12.0 Å². The van der Waals surface area contributed by atoms with Crippen LogP contribution in [0, 0.1) is 17.6 Å². The van der Waals surface area contributed by atoms with Crippen LogP contribution in [0.2, 0.25) is 0 Å². The van der Waals surface area contributed by atoms with Gasteiger partial charge in [0.05, 0.1) is 11.6 Å². The fourth-order valence-electron chi connectivity index (χ4n) is 3.22. The molecule has 2 aromatic carbocycles. The van der Waals surface area contributed by atoms with Crippen LogP contribution in [0.1, 0.15) is 47.6 Å². The molecule has 148 valence electrons. The van der Waals surface area contributed by atoms with Gasteiger partial charge in [0.2, 0.25) is 5.91 Å². The van der Waals surface area contributed by atoms with E-state index in [2.05, 4.69) is 26.6 Å². The molecule has 1 fully saturated rings. The number of benzene rings is 2. The van der Waals surface area contributed by atoms with Gasteiger partial charge in [-0.25, -0.2) is 8.78 Å². The highest BCUT2D eigenvalue weighted by molar-refractivity contribution is 9.10. The molecule has 0 spiro atoms. The summed E-state index contributed by atoms with van der Waals surface area (Å²) in [6.45, 7) is 0.0687. The Bertz CT molecular complexity index is 854. The lowest BCUT2D eigenvalue weighted by Gasteiger charge is -2.34. The molecule has 28 heavy (non-hydrogen) atoms. The summed E-state index contributed by atoms with van der Waals surface area (Å²) in [6.07, 6.45) is 3.38. The summed E-state index contributed by atoms with van der Waals surface area (Å²) in [6, 6.07) is 10.6. The minimum atomic E-state index is -0.928. The number of carbonyl (C=O) groups is 2. The zero-order valence-corrected chi connectivity index (χ0v) is 16.8. The molecule has 4 nitrogen and oxygen atoms in total. The second kappa shape index (κ2) is 9.28. The molecule has 1 unspecified atom stereocenters. The van der Waals surface area contributed by atoms with Gasteiger partial charge in [-0.15, -0.1) is 0 Å². The van der Waals surface area contributed by atoms with E-state index in [1.54, 1.807) is 0 Å².